The third-order valence-electron chi connectivity index (χ3n) is 2.61. The molecule has 0 spiro atoms. The van der Waals surface area contributed by atoms with Gasteiger partial charge in [0.1, 0.15) is 11.6 Å². The molecule has 0 fully saturated rings. The first kappa shape index (κ1) is 13.5. The van der Waals surface area contributed by atoms with Gasteiger partial charge in [0.15, 0.2) is 0 Å². The van der Waals surface area contributed by atoms with Crippen molar-refractivity contribution >= 4 is 17.6 Å². The standard InChI is InChI=1S/C14H9ClF2O2/c15-12-5-8(6-14(18)19)1-3-10(12)11-4-2-9(16)7-13(11)17/h1-5,7H,6H2,(H,18,19). The van der Waals surface area contributed by atoms with Gasteiger partial charge in [-0.05, 0) is 23.8 Å². The number of carboxylic acids is 1. The van der Waals surface area contributed by atoms with Gasteiger partial charge in [0, 0.05) is 22.2 Å². The Hall–Kier alpha value is -1.94. The Bertz CT molecular complexity index is 641. The van der Waals surface area contributed by atoms with Crippen molar-refractivity contribution in [3.63, 3.8) is 0 Å². The summed E-state index contributed by atoms with van der Waals surface area (Å²) in [5, 5.41) is 8.90. The van der Waals surface area contributed by atoms with E-state index in [1.165, 1.54) is 18.2 Å². The molecule has 0 unspecified atom stereocenters. The molecule has 98 valence electrons. The van der Waals surface area contributed by atoms with Gasteiger partial charge in [0.2, 0.25) is 0 Å². The molecule has 2 nitrogen and oxygen atoms in total. The molecule has 0 saturated carbocycles. The normalized spacial score (nSPS) is 10.5. The summed E-state index contributed by atoms with van der Waals surface area (Å²) in [6.07, 6.45) is -0.161. The molecular weight excluding hydrogens is 274 g/mol. The average Bonchev–Trinajstić information content (AvgIpc) is 2.30. The van der Waals surface area contributed by atoms with E-state index in [1.807, 2.05) is 0 Å². The highest BCUT2D eigenvalue weighted by Gasteiger charge is 2.11. The first-order valence-corrected chi connectivity index (χ1v) is 5.81. The van der Waals surface area contributed by atoms with Crippen molar-refractivity contribution in [2.75, 3.05) is 0 Å². The van der Waals surface area contributed by atoms with Crippen molar-refractivity contribution in [2.24, 2.45) is 0 Å². The van der Waals surface area contributed by atoms with Crippen LogP contribution in [0.4, 0.5) is 8.78 Å². The maximum Gasteiger partial charge on any atom is 0.307 e. The molecule has 0 aliphatic rings. The molecule has 0 aliphatic carbocycles. The van der Waals surface area contributed by atoms with Crippen molar-refractivity contribution < 1.29 is 18.7 Å². The molecule has 2 aromatic carbocycles. The molecule has 0 amide bonds. The predicted octanol–water partition coefficient (Wildman–Crippen LogP) is 3.91. The summed E-state index contributed by atoms with van der Waals surface area (Å²) in [5.41, 5.74) is 1.09. The van der Waals surface area contributed by atoms with Crippen LogP contribution in [0, 0.1) is 11.6 Å². The van der Waals surface area contributed by atoms with E-state index in [0.29, 0.717) is 11.1 Å². The van der Waals surface area contributed by atoms with E-state index in [1.54, 1.807) is 6.07 Å². The summed E-state index contributed by atoms with van der Waals surface area (Å²) in [6, 6.07) is 7.75. The average molecular weight is 283 g/mol. The molecule has 0 bridgehead atoms. The van der Waals surface area contributed by atoms with Crippen molar-refractivity contribution in [2.45, 2.75) is 6.42 Å². The largest absolute Gasteiger partial charge is 0.481 e. The van der Waals surface area contributed by atoms with Gasteiger partial charge in [0.25, 0.3) is 0 Å². The molecule has 0 atom stereocenters. The fraction of sp³-hybridized carbons (Fsp3) is 0.0714. The van der Waals surface area contributed by atoms with E-state index in [4.69, 9.17) is 16.7 Å². The molecule has 0 radical (unpaired) electrons. The van der Waals surface area contributed by atoms with Crippen molar-refractivity contribution in [1.82, 2.24) is 0 Å². The Morgan fingerprint density at radius 2 is 1.79 bits per heavy atom. The fourth-order valence-electron chi connectivity index (χ4n) is 1.77. The number of hydrogen-bond donors (Lipinski definition) is 1. The highest BCUT2D eigenvalue weighted by Crippen LogP contribution is 2.31. The first-order chi connectivity index (χ1) is 8.97. The van der Waals surface area contributed by atoms with Gasteiger partial charge in [-0.15, -0.1) is 0 Å². The summed E-state index contributed by atoms with van der Waals surface area (Å²) in [6.45, 7) is 0. The molecule has 0 saturated heterocycles. The second-order valence-electron chi connectivity index (χ2n) is 4.01. The Morgan fingerprint density at radius 3 is 2.37 bits per heavy atom. The Balaban J connectivity index is 2.43. The van der Waals surface area contributed by atoms with E-state index in [2.05, 4.69) is 0 Å². The summed E-state index contributed by atoms with van der Waals surface area (Å²) < 4.78 is 26.5. The monoisotopic (exact) mass is 282 g/mol. The fourth-order valence-corrected chi connectivity index (χ4v) is 2.07. The molecule has 1 N–H and O–H groups in total. The van der Waals surface area contributed by atoms with Crippen LogP contribution in [-0.4, -0.2) is 11.1 Å². The third-order valence-corrected chi connectivity index (χ3v) is 2.92. The lowest BCUT2D eigenvalue weighted by molar-refractivity contribution is -0.136. The van der Waals surface area contributed by atoms with Crippen LogP contribution in [0.25, 0.3) is 11.1 Å². The highest BCUT2D eigenvalue weighted by atomic mass is 35.5. The van der Waals surface area contributed by atoms with Crippen LogP contribution in [0.3, 0.4) is 0 Å². The van der Waals surface area contributed by atoms with Crippen molar-refractivity contribution in [3.8, 4) is 11.1 Å². The van der Waals surface area contributed by atoms with E-state index < -0.39 is 17.6 Å². The van der Waals surface area contributed by atoms with Gasteiger partial charge in [-0.3, -0.25) is 4.79 Å². The molecule has 0 heterocycles. The lowest BCUT2D eigenvalue weighted by Crippen LogP contribution is -2.00. The molecular formula is C14H9ClF2O2. The number of halogens is 3. The van der Waals surface area contributed by atoms with E-state index >= 15 is 0 Å². The number of benzene rings is 2. The van der Waals surface area contributed by atoms with Gasteiger partial charge in [0.05, 0.1) is 6.42 Å². The van der Waals surface area contributed by atoms with Crippen LogP contribution in [0.1, 0.15) is 5.56 Å². The highest BCUT2D eigenvalue weighted by molar-refractivity contribution is 6.33. The molecule has 2 aromatic rings. The minimum atomic E-state index is -0.975. The number of rotatable bonds is 3. The van der Waals surface area contributed by atoms with E-state index in [0.717, 1.165) is 12.1 Å². The SMILES string of the molecule is O=C(O)Cc1ccc(-c2ccc(F)cc2F)c(Cl)c1. The van der Waals surface area contributed by atoms with Crippen LogP contribution >= 0.6 is 11.6 Å². The number of carbonyl (C=O) groups is 1. The zero-order valence-electron chi connectivity index (χ0n) is 9.66. The zero-order valence-corrected chi connectivity index (χ0v) is 10.4. The molecule has 0 aromatic heterocycles. The number of carboxylic acid groups (broad SMARTS) is 1. The molecule has 2 rings (SSSR count). The van der Waals surface area contributed by atoms with Crippen LogP contribution in [0.5, 0.6) is 0 Å². The predicted molar refractivity (Wildman–Crippen MR) is 68.1 cm³/mol. The maximum atomic E-state index is 13.6. The summed E-state index contributed by atoms with van der Waals surface area (Å²) in [7, 11) is 0. The van der Waals surface area contributed by atoms with E-state index in [-0.39, 0.29) is 17.0 Å². The quantitative estimate of drug-likeness (QED) is 0.926. The number of aliphatic carboxylic acids is 1. The zero-order chi connectivity index (χ0) is 14.0. The maximum absolute atomic E-state index is 13.6. The van der Waals surface area contributed by atoms with Gasteiger partial charge < -0.3 is 5.11 Å². The first-order valence-electron chi connectivity index (χ1n) is 5.43. The van der Waals surface area contributed by atoms with Crippen molar-refractivity contribution in [3.05, 3.63) is 58.6 Å². The smallest absolute Gasteiger partial charge is 0.307 e. The lowest BCUT2D eigenvalue weighted by Gasteiger charge is -2.07. The summed E-state index contributed by atoms with van der Waals surface area (Å²) >= 11 is 6.01. The second-order valence-corrected chi connectivity index (χ2v) is 4.42. The van der Waals surface area contributed by atoms with Crippen molar-refractivity contribution in [1.29, 1.82) is 0 Å². The lowest BCUT2D eigenvalue weighted by atomic mass is 10.0. The van der Waals surface area contributed by atoms with Crippen LogP contribution < -0.4 is 0 Å². The van der Waals surface area contributed by atoms with Gasteiger partial charge in [-0.25, -0.2) is 8.78 Å². The Morgan fingerprint density at radius 1 is 1.11 bits per heavy atom. The second kappa shape index (κ2) is 5.36. The van der Waals surface area contributed by atoms with Crippen LogP contribution in [0.2, 0.25) is 5.02 Å². The van der Waals surface area contributed by atoms with Crippen LogP contribution in [0.15, 0.2) is 36.4 Å². The van der Waals surface area contributed by atoms with Gasteiger partial charge in [-0.1, -0.05) is 23.7 Å². The van der Waals surface area contributed by atoms with Crippen LogP contribution in [-0.2, 0) is 11.2 Å². The number of hydrogen-bond acceptors (Lipinski definition) is 1. The Kier molecular flexibility index (Phi) is 3.81. The van der Waals surface area contributed by atoms with E-state index in [9.17, 15) is 13.6 Å². The minimum absolute atomic E-state index is 0.161. The summed E-state index contributed by atoms with van der Waals surface area (Å²) in [5.74, 6) is -2.36. The molecule has 0 aliphatic heterocycles. The topological polar surface area (TPSA) is 37.3 Å². The Labute approximate surface area is 113 Å². The summed E-state index contributed by atoms with van der Waals surface area (Å²) in [4.78, 5) is 10.6. The molecule has 19 heavy (non-hydrogen) atoms. The molecule has 5 heteroatoms. The van der Waals surface area contributed by atoms with Gasteiger partial charge >= 0.3 is 5.97 Å². The minimum Gasteiger partial charge on any atom is -0.481 e. The third kappa shape index (κ3) is 3.09. The van der Waals surface area contributed by atoms with Gasteiger partial charge in [-0.2, -0.15) is 0 Å².